The molecular formula is C34H37F9N4O3. The van der Waals surface area contributed by atoms with Gasteiger partial charge in [-0.3, -0.25) is 4.79 Å². The van der Waals surface area contributed by atoms with Crippen molar-refractivity contribution >= 4 is 17.6 Å². The van der Waals surface area contributed by atoms with Crippen molar-refractivity contribution in [3.8, 4) is 5.75 Å². The van der Waals surface area contributed by atoms with E-state index in [4.69, 9.17) is 4.74 Å². The van der Waals surface area contributed by atoms with E-state index in [1.165, 1.54) is 6.07 Å². The van der Waals surface area contributed by atoms with Crippen LogP contribution in [-0.4, -0.2) is 40.7 Å². The Labute approximate surface area is 283 Å². The number of carbonyl (C=O) groups excluding carboxylic acids is 1. The van der Waals surface area contributed by atoms with Crippen LogP contribution in [0.25, 0.3) is 0 Å². The second kappa shape index (κ2) is 15.8. The molecule has 0 spiro atoms. The zero-order valence-electron chi connectivity index (χ0n) is 27.3. The van der Waals surface area contributed by atoms with E-state index in [0.717, 1.165) is 55.1 Å². The molecule has 4 rings (SSSR count). The summed E-state index contributed by atoms with van der Waals surface area (Å²) < 4.78 is 129. The topological polar surface area (TPSA) is 78.8 Å². The van der Waals surface area contributed by atoms with E-state index in [1.54, 1.807) is 6.92 Å². The van der Waals surface area contributed by atoms with Crippen LogP contribution in [-0.2, 0) is 41.1 Å². The lowest BCUT2D eigenvalue weighted by Gasteiger charge is -2.35. The minimum atomic E-state index is -5.12. The smallest absolute Gasteiger partial charge is 0.416 e. The number of nitrogens with zero attached hydrogens (tertiary/aromatic N) is 4. The molecule has 0 bridgehead atoms. The number of anilines is 2. The molecule has 1 aliphatic carbocycles. The van der Waals surface area contributed by atoms with E-state index < -0.39 is 53.9 Å². The predicted molar refractivity (Wildman–Crippen MR) is 166 cm³/mol. The van der Waals surface area contributed by atoms with E-state index in [2.05, 4.69) is 9.97 Å². The Morgan fingerprint density at radius 3 is 1.86 bits per heavy atom. The number of ether oxygens (including phenoxy) is 1. The summed E-state index contributed by atoms with van der Waals surface area (Å²) in [6.07, 6.45) is -9.72. The van der Waals surface area contributed by atoms with Crippen molar-refractivity contribution in [1.29, 1.82) is 0 Å². The van der Waals surface area contributed by atoms with Gasteiger partial charge in [0.2, 0.25) is 5.95 Å². The zero-order valence-corrected chi connectivity index (χ0v) is 27.3. The summed E-state index contributed by atoms with van der Waals surface area (Å²) in [7, 11) is 0. The Hall–Kier alpha value is -4.24. The van der Waals surface area contributed by atoms with Gasteiger partial charge in [-0.15, -0.1) is 0 Å². The van der Waals surface area contributed by atoms with E-state index in [-0.39, 0.29) is 41.1 Å². The first-order valence-electron chi connectivity index (χ1n) is 16.0. The van der Waals surface area contributed by atoms with E-state index in [9.17, 15) is 49.4 Å². The van der Waals surface area contributed by atoms with Gasteiger partial charge in [0.1, 0.15) is 0 Å². The first-order valence-corrected chi connectivity index (χ1v) is 16.0. The molecule has 1 heterocycles. The maximum absolute atomic E-state index is 14.0. The number of aromatic hydroxyl groups is 1. The first-order chi connectivity index (χ1) is 23.4. The fraction of sp³-hybridized carbons (Fsp3) is 0.500. The Bertz CT molecular complexity index is 1550. The van der Waals surface area contributed by atoms with Gasteiger partial charge in [-0.25, -0.2) is 9.97 Å². The van der Waals surface area contributed by atoms with Crippen LogP contribution in [0.5, 0.6) is 5.75 Å². The van der Waals surface area contributed by atoms with Gasteiger partial charge >= 0.3 is 24.5 Å². The van der Waals surface area contributed by atoms with Crippen LogP contribution in [0, 0.1) is 11.8 Å². The molecule has 0 radical (unpaired) electrons. The highest BCUT2D eigenvalue weighted by atomic mass is 19.4. The minimum absolute atomic E-state index is 0.0146. The quantitative estimate of drug-likeness (QED) is 0.148. The molecule has 0 aliphatic heterocycles. The van der Waals surface area contributed by atoms with Gasteiger partial charge in [-0.1, -0.05) is 0 Å². The normalized spacial score (nSPS) is 17.0. The van der Waals surface area contributed by atoms with E-state index >= 15 is 0 Å². The Balaban J connectivity index is 1.70. The van der Waals surface area contributed by atoms with Crippen molar-refractivity contribution < 1.29 is 54.2 Å². The van der Waals surface area contributed by atoms with Crippen molar-refractivity contribution in [2.24, 2.45) is 11.8 Å². The summed E-state index contributed by atoms with van der Waals surface area (Å²) in [5.74, 6) is -0.593. The Morgan fingerprint density at radius 1 is 0.780 bits per heavy atom. The molecule has 1 fully saturated rings. The highest BCUT2D eigenvalue weighted by Crippen LogP contribution is 2.39. The number of rotatable bonds is 12. The number of alkyl halides is 9. The van der Waals surface area contributed by atoms with Crippen molar-refractivity contribution in [2.75, 3.05) is 29.5 Å². The summed E-state index contributed by atoms with van der Waals surface area (Å²) in [4.78, 5) is 22.9. The van der Waals surface area contributed by atoms with Gasteiger partial charge in [-0.2, -0.15) is 39.5 Å². The molecular weight excluding hydrogens is 683 g/mol. The van der Waals surface area contributed by atoms with Crippen LogP contribution in [0.4, 0.5) is 51.1 Å². The van der Waals surface area contributed by atoms with Crippen LogP contribution in [0.2, 0.25) is 0 Å². The number of halogens is 9. The fourth-order valence-electron chi connectivity index (χ4n) is 6.19. The zero-order chi connectivity index (χ0) is 36.9. The van der Waals surface area contributed by atoms with Crippen LogP contribution in [0.1, 0.15) is 73.8 Å². The standard InChI is InChI=1S/C34H37F9N4O3/c1-3-46(18-22-7-5-21(6-8-22)13-30(49)50-4-2)29-10-9-25(32(35,36)37)14-24(29)20-47(31-44-16-28(48)17-45-31)19-23-11-26(33(38,39)40)15-27(12-23)34(41,42)43/h9-12,14-17,21-22,48H,3-8,13,18-20H2,1-2H3/t21-,22-. The summed E-state index contributed by atoms with van der Waals surface area (Å²) in [5.41, 5.74) is -4.08. The van der Waals surface area contributed by atoms with Gasteiger partial charge in [0.15, 0.2) is 5.75 Å². The molecule has 3 aromatic rings. The maximum atomic E-state index is 14.0. The van der Waals surface area contributed by atoms with Crippen LogP contribution >= 0.6 is 0 Å². The molecule has 16 heteroatoms. The van der Waals surface area contributed by atoms with Crippen molar-refractivity contribution in [3.63, 3.8) is 0 Å². The summed E-state index contributed by atoms with van der Waals surface area (Å²) in [5, 5.41) is 9.74. The molecule has 7 nitrogen and oxygen atoms in total. The lowest BCUT2D eigenvalue weighted by Crippen LogP contribution is -2.33. The lowest BCUT2D eigenvalue weighted by atomic mass is 9.80. The van der Waals surface area contributed by atoms with Gasteiger partial charge < -0.3 is 19.6 Å². The molecule has 0 saturated heterocycles. The van der Waals surface area contributed by atoms with E-state index in [1.807, 2.05) is 11.8 Å². The van der Waals surface area contributed by atoms with Crippen molar-refractivity contribution in [2.45, 2.75) is 77.6 Å². The number of benzene rings is 2. The SMILES string of the molecule is CCOC(=O)C[C@H]1CC[C@H](CN(CC)c2ccc(C(F)(F)F)cc2CN(Cc2cc(C(F)(F)F)cc(C(F)(F)F)c2)c2ncc(O)cn2)CC1. The summed E-state index contributed by atoms with van der Waals surface area (Å²) in [6.45, 7) is 3.58. The van der Waals surface area contributed by atoms with Crippen LogP contribution in [0.15, 0.2) is 48.8 Å². The largest absolute Gasteiger partial charge is 0.505 e. The highest BCUT2D eigenvalue weighted by molar-refractivity contribution is 5.69. The molecule has 50 heavy (non-hydrogen) atoms. The van der Waals surface area contributed by atoms with Gasteiger partial charge in [-0.05, 0) is 98.9 Å². The lowest BCUT2D eigenvalue weighted by molar-refractivity contribution is -0.145. The second-order valence-electron chi connectivity index (χ2n) is 12.3. The number of hydrogen-bond acceptors (Lipinski definition) is 7. The molecule has 1 aliphatic rings. The molecule has 2 aromatic carbocycles. The second-order valence-corrected chi connectivity index (χ2v) is 12.3. The molecule has 0 unspecified atom stereocenters. The molecule has 274 valence electrons. The maximum Gasteiger partial charge on any atom is 0.416 e. The average Bonchev–Trinajstić information content (AvgIpc) is 3.03. The molecule has 1 saturated carbocycles. The number of esters is 1. The Kier molecular flexibility index (Phi) is 12.1. The van der Waals surface area contributed by atoms with Gasteiger partial charge in [0, 0.05) is 38.3 Å². The predicted octanol–water partition coefficient (Wildman–Crippen LogP) is 9.03. The van der Waals surface area contributed by atoms with E-state index in [0.29, 0.717) is 43.9 Å². The van der Waals surface area contributed by atoms with Crippen LogP contribution in [0.3, 0.4) is 0 Å². The molecule has 1 N–H and O–H groups in total. The molecule has 0 atom stereocenters. The first kappa shape index (κ1) is 38.6. The number of hydrogen-bond donors (Lipinski definition) is 1. The highest BCUT2D eigenvalue weighted by Gasteiger charge is 2.37. The third-order valence-corrected chi connectivity index (χ3v) is 8.62. The summed E-state index contributed by atoms with van der Waals surface area (Å²) >= 11 is 0. The molecule has 1 aromatic heterocycles. The van der Waals surface area contributed by atoms with Crippen molar-refractivity contribution in [3.05, 3.63) is 76.6 Å². The van der Waals surface area contributed by atoms with Gasteiger partial charge in [0.05, 0.1) is 35.7 Å². The fourth-order valence-corrected chi connectivity index (χ4v) is 6.19. The Morgan fingerprint density at radius 2 is 1.34 bits per heavy atom. The average molecular weight is 721 g/mol. The molecule has 0 amide bonds. The number of aromatic nitrogens is 2. The van der Waals surface area contributed by atoms with Crippen LogP contribution < -0.4 is 9.80 Å². The van der Waals surface area contributed by atoms with Gasteiger partial charge in [0.25, 0.3) is 0 Å². The third-order valence-electron chi connectivity index (χ3n) is 8.62. The summed E-state index contributed by atoms with van der Waals surface area (Å²) in [6, 6.07) is 4.17. The number of carbonyl (C=O) groups is 1. The minimum Gasteiger partial charge on any atom is -0.505 e. The third kappa shape index (κ3) is 10.4. The monoisotopic (exact) mass is 720 g/mol. The van der Waals surface area contributed by atoms with Crippen molar-refractivity contribution in [1.82, 2.24) is 9.97 Å².